The van der Waals surface area contributed by atoms with Gasteiger partial charge in [-0.1, -0.05) is 0 Å². The zero-order valence-electron chi connectivity index (χ0n) is 3.96. The lowest BCUT2D eigenvalue weighted by Gasteiger charge is -2.04. The Morgan fingerprint density at radius 3 is 2.43 bits per heavy atom. The van der Waals surface area contributed by atoms with Crippen molar-refractivity contribution in [1.82, 2.24) is 5.32 Å². The van der Waals surface area contributed by atoms with E-state index in [1.807, 2.05) is 0 Å². The average molecular weight is 106 g/mol. The van der Waals surface area contributed by atoms with Crippen molar-refractivity contribution in [1.29, 1.82) is 0 Å². The number of hydrogen-bond donors (Lipinski definition) is 4. The van der Waals surface area contributed by atoms with Crippen LogP contribution in [-0.4, -0.2) is 29.7 Å². The van der Waals surface area contributed by atoms with Gasteiger partial charge in [-0.15, -0.1) is 0 Å². The minimum atomic E-state index is -0.773. The van der Waals surface area contributed by atoms with Crippen LogP contribution in [0.3, 0.4) is 0 Å². The monoisotopic (exact) mass is 106 g/mol. The van der Waals surface area contributed by atoms with E-state index in [-0.39, 0.29) is 13.3 Å². The topological polar surface area (TPSA) is 78.5 Å². The maximum absolute atomic E-state index is 8.46. The first-order valence-corrected chi connectivity index (χ1v) is 2.03. The smallest absolute Gasteiger partial charge is 0.119 e. The van der Waals surface area contributed by atoms with Gasteiger partial charge in [0.15, 0.2) is 0 Å². The van der Waals surface area contributed by atoms with Crippen molar-refractivity contribution >= 4 is 0 Å². The minimum absolute atomic E-state index is 0.126. The Balaban J connectivity index is 2.83. The number of nitrogens with two attached hydrogens (primary N) is 1. The van der Waals surface area contributed by atoms with Gasteiger partial charge < -0.3 is 15.9 Å². The van der Waals surface area contributed by atoms with Gasteiger partial charge in [0, 0.05) is 6.54 Å². The molecule has 0 aromatic rings. The molecule has 0 spiro atoms. The van der Waals surface area contributed by atoms with Crippen molar-refractivity contribution < 1.29 is 10.2 Å². The molecule has 7 heavy (non-hydrogen) atoms. The molecule has 4 nitrogen and oxygen atoms in total. The molecule has 0 saturated heterocycles. The molecular formula is C3H10N2O2. The standard InChI is InChI=1S/C3H10N2O2/c4-1-3(7)5-2-6/h3,5-7H,1-2,4H2. The maximum atomic E-state index is 8.46. The van der Waals surface area contributed by atoms with Gasteiger partial charge in [-0.25, -0.2) is 0 Å². The molecule has 0 bridgehead atoms. The number of aliphatic hydroxyl groups excluding tert-OH is 2. The zero-order valence-corrected chi connectivity index (χ0v) is 3.96. The van der Waals surface area contributed by atoms with E-state index < -0.39 is 6.23 Å². The number of nitrogens with one attached hydrogen (secondary N) is 1. The summed E-state index contributed by atoms with van der Waals surface area (Å²) in [4.78, 5) is 0. The molecule has 0 aromatic heterocycles. The lowest BCUT2D eigenvalue weighted by Crippen LogP contribution is -2.36. The molecular weight excluding hydrogens is 96.0 g/mol. The number of hydrogen-bond acceptors (Lipinski definition) is 4. The molecule has 0 aromatic carbocycles. The lowest BCUT2D eigenvalue weighted by atomic mass is 10.6. The molecule has 0 fully saturated rings. The maximum Gasteiger partial charge on any atom is 0.119 e. The Bertz CT molecular complexity index is 41.9. The summed E-state index contributed by atoms with van der Waals surface area (Å²) in [5.74, 6) is 0. The highest BCUT2D eigenvalue weighted by molar-refractivity contribution is 4.45. The van der Waals surface area contributed by atoms with Gasteiger partial charge in [0.25, 0.3) is 0 Å². The Kier molecular flexibility index (Phi) is 3.92. The second-order valence-electron chi connectivity index (χ2n) is 1.11. The van der Waals surface area contributed by atoms with Crippen LogP contribution < -0.4 is 11.1 Å². The predicted molar refractivity (Wildman–Crippen MR) is 25.3 cm³/mol. The highest BCUT2D eigenvalue weighted by Crippen LogP contribution is 1.64. The number of rotatable bonds is 3. The molecule has 0 aliphatic carbocycles. The molecule has 1 atom stereocenters. The second-order valence-corrected chi connectivity index (χ2v) is 1.11. The summed E-state index contributed by atoms with van der Waals surface area (Å²) >= 11 is 0. The Labute approximate surface area is 41.9 Å². The largest absolute Gasteiger partial charge is 0.381 e. The molecule has 0 saturated carbocycles. The Morgan fingerprint density at radius 1 is 1.71 bits per heavy atom. The van der Waals surface area contributed by atoms with Gasteiger partial charge in [-0.2, -0.15) is 0 Å². The number of aliphatic hydroxyl groups is 2. The quantitative estimate of drug-likeness (QED) is 0.308. The van der Waals surface area contributed by atoms with Crippen LogP contribution >= 0.6 is 0 Å². The summed E-state index contributed by atoms with van der Waals surface area (Å²) in [6.07, 6.45) is -0.773. The third-order valence-corrected chi connectivity index (χ3v) is 0.550. The third kappa shape index (κ3) is 3.68. The fourth-order valence-electron chi connectivity index (χ4n) is 0.189. The van der Waals surface area contributed by atoms with Gasteiger partial charge in [-0.05, 0) is 0 Å². The highest BCUT2D eigenvalue weighted by atomic mass is 16.3. The normalized spacial score (nSPS) is 14.1. The van der Waals surface area contributed by atoms with Crippen LogP contribution in [0.25, 0.3) is 0 Å². The molecule has 4 heteroatoms. The van der Waals surface area contributed by atoms with Crippen LogP contribution in [0.4, 0.5) is 0 Å². The van der Waals surface area contributed by atoms with E-state index in [9.17, 15) is 0 Å². The van der Waals surface area contributed by atoms with E-state index in [2.05, 4.69) is 5.32 Å². The van der Waals surface area contributed by atoms with E-state index in [1.54, 1.807) is 0 Å². The van der Waals surface area contributed by atoms with E-state index in [0.717, 1.165) is 0 Å². The third-order valence-electron chi connectivity index (χ3n) is 0.550. The van der Waals surface area contributed by atoms with Gasteiger partial charge >= 0.3 is 0 Å². The van der Waals surface area contributed by atoms with Crippen molar-refractivity contribution in [2.24, 2.45) is 5.73 Å². The molecule has 0 aliphatic rings. The predicted octanol–water partition coefficient (Wildman–Crippen LogP) is -2.20. The fraction of sp³-hybridized carbons (Fsp3) is 1.00. The molecule has 0 aliphatic heterocycles. The van der Waals surface area contributed by atoms with Gasteiger partial charge in [0.1, 0.15) is 6.23 Å². The molecule has 1 unspecified atom stereocenters. The summed E-state index contributed by atoms with van der Waals surface area (Å²) in [7, 11) is 0. The first-order chi connectivity index (χ1) is 3.31. The molecule has 0 radical (unpaired) electrons. The van der Waals surface area contributed by atoms with Crippen LogP contribution in [-0.2, 0) is 0 Å². The molecule has 0 rings (SSSR count). The SMILES string of the molecule is NCC(O)NCO. The molecule has 44 valence electrons. The van der Waals surface area contributed by atoms with Crippen molar-refractivity contribution in [3.63, 3.8) is 0 Å². The first kappa shape index (κ1) is 6.84. The molecule has 0 amide bonds. The molecule has 0 heterocycles. The fourth-order valence-corrected chi connectivity index (χ4v) is 0.189. The van der Waals surface area contributed by atoms with Crippen molar-refractivity contribution in [3.8, 4) is 0 Å². The van der Waals surface area contributed by atoms with Crippen LogP contribution in [0.15, 0.2) is 0 Å². The Morgan fingerprint density at radius 2 is 2.29 bits per heavy atom. The summed E-state index contributed by atoms with van der Waals surface area (Å²) in [6.45, 7) is -0.112. The van der Waals surface area contributed by atoms with Crippen molar-refractivity contribution in [2.45, 2.75) is 6.23 Å². The van der Waals surface area contributed by atoms with Gasteiger partial charge in [0.05, 0.1) is 6.73 Å². The first-order valence-electron chi connectivity index (χ1n) is 2.03. The zero-order chi connectivity index (χ0) is 5.70. The van der Waals surface area contributed by atoms with Crippen LogP contribution in [0.2, 0.25) is 0 Å². The summed E-state index contributed by atoms with van der Waals surface area (Å²) in [5, 5.41) is 18.8. The van der Waals surface area contributed by atoms with Gasteiger partial charge in [0.2, 0.25) is 0 Å². The lowest BCUT2D eigenvalue weighted by molar-refractivity contribution is 0.104. The second kappa shape index (κ2) is 4.01. The van der Waals surface area contributed by atoms with E-state index in [4.69, 9.17) is 15.9 Å². The van der Waals surface area contributed by atoms with E-state index >= 15 is 0 Å². The average Bonchev–Trinajstić information content (AvgIpc) is 1.68. The van der Waals surface area contributed by atoms with E-state index in [1.165, 1.54) is 0 Å². The summed E-state index contributed by atoms with van der Waals surface area (Å²) < 4.78 is 0. The molecule has 5 N–H and O–H groups in total. The van der Waals surface area contributed by atoms with E-state index in [0.29, 0.717) is 0 Å². The van der Waals surface area contributed by atoms with Crippen LogP contribution in [0.5, 0.6) is 0 Å². The Hall–Kier alpha value is -0.160. The summed E-state index contributed by atoms with van der Waals surface area (Å²) in [5.41, 5.74) is 4.93. The highest BCUT2D eigenvalue weighted by Gasteiger charge is 1.93. The minimum Gasteiger partial charge on any atom is -0.381 e. The van der Waals surface area contributed by atoms with Crippen molar-refractivity contribution in [2.75, 3.05) is 13.3 Å². The van der Waals surface area contributed by atoms with Crippen molar-refractivity contribution in [3.05, 3.63) is 0 Å². The van der Waals surface area contributed by atoms with Gasteiger partial charge in [-0.3, -0.25) is 5.32 Å². The summed E-state index contributed by atoms with van der Waals surface area (Å²) in [6, 6.07) is 0. The van der Waals surface area contributed by atoms with Crippen LogP contribution in [0, 0.1) is 0 Å². The van der Waals surface area contributed by atoms with Crippen LogP contribution in [0.1, 0.15) is 0 Å².